The molecule has 0 fully saturated rings. The van der Waals surface area contributed by atoms with E-state index in [9.17, 15) is 0 Å². The normalized spacial score (nSPS) is 10.9. The minimum atomic E-state index is 0.667. The molecule has 0 aliphatic carbocycles. The smallest absolute Gasteiger partial charge is 0.130 e. The highest BCUT2D eigenvalue weighted by Gasteiger charge is 2.04. The van der Waals surface area contributed by atoms with Gasteiger partial charge in [-0.15, -0.1) is 5.10 Å². The molecule has 2 rings (SSSR count). The molecule has 2 heterocycles. The van der Waals surface area contributed by atoms with Gasteiger partial charge in [-0.05, 0) is 13.5 Å². The second-order valence-corrected chi connectivity index (χ2v) is 3.82. The maximum Gasteiger partial charge on any atom is 0.130 e. The van der Waals surface area contributed by atoms with Crippen LogP contribution in [0, 0.1) is 0 Å². The first kappa shape index (κ1) is 11.8. The van der Waals surface area contributed by atoms with Crippen molar-refractivity contribution in [3.63, 3.8) is 0 Å². The Bertz CT molecular complexity index is 458. The second kappa shape index (κ2) is 5.58. The Labute approximate surface area is 101 Å². The fourth-order valence-corrected chi connectivity index (χ4v) is 1.67. The summed E-state index contributed by atoms with van der Waals surface area (Å²) in [4.78, 5) is 4.31. The Kier molecular flexibility index (Phi) is 3.87. The summed E-state index contributed by atoms with van der Waals surface area (Å²) in [5, 5.41) is 11.4. The molecule has 0 aromatic carbocycles. The Morgan fingerprint density at radius 2 is 2.24 bits per heavy atom. The third-order valence-electron chi connectivity index (χ3n) is 2.59. The van der Waals surface area contributed by atoms with Gasteiger partial charge in [-0.2, -0.15) is 0 Å². The van der Waals surface area contributed by atoms with E-state index in [0.717, 1.165) is 31.2 Å². The molecule has 6 nitrogen and oxygen atoms in total. The average molecular weight is 234 g/mol. The van der Waals surface area contributed by atoms with Crippen LogP contribution in [0.15, 0.2) is 18.6 Å². The van der Waals surface area contributed by atoms with Gasteiger partial charge in [0.1, 0.15) is 12.4 Å². The number of aryl methyl sites for hydroxylation is 1. The number of hydrogen-bond acceptors (Lipinski definition) is 4. The van der Waals surface area contributed by atoms with Crippen molar-refractivity contribution in [2.45, 2.75) is 33.5 Å². The van der Waals surface area contributed by atoms with Crippen LogP contribution in [0.2, 0.25) is 0 Å². The number of hydrogen-bond donors (Lipinski definition) is 1. The molecule has 0 radical (unpaired) electrons. The lowest BCUT2D eigenvalue weighted by atomic mass is 10.4. The van der Waals surface area contributed by atoms with Crippen molar-refractivity contribution in [2.75, 3.05) is 6.54 Å². The van der Waals surface area contributed by atoms with Crippen LogP contribution in [0.25, 0.3) is 0 Å². The summed E-state index contributed by atoms with van der Waals surface area (Å²) in [6, 6.07) is 0. The van der Waals surface area contributed by atoms with E-state index < -0.39 is 0 Å². The van der Waals surface area contributed by atoms with E-state index in [0.29, 0.717) is 6.54 Å². The van der Waals surface area contributed by atoms with E-state index in [4.69, 9.17) is 0 Å². The number of nitrogens with one attached hydrogen (secondary N) is 1. The summed E-state index contributed by atoms with van der Waals surface area (Å²) < 4.78 is 3.92. The largest absolute Gasteiger partial charge is 0.334 e. The maximum absolute atomic E-state index is 4.31. The summed E-state index contributed by atoms with van der Waals surface area (Å²) in [7, 11) is 0. The van der Waals surface area contributed by atoms with Crippen LogP contribution in [-0.4, -0.2) is 31.1 Å². The summed E-state index contributed by atoms with van der Waals surface area (Å²) in [5.41, 5.74) is 0.960. The molecule has 0 aliphatic rings. The molecular formula is C11H18N6. The molecule has 2 aromatic rings. The molecule has 0 unspecified atom stereocenters. The van der Waals surface area contributed by atoms with Crippen LogP contribution in [0.3, 0.4) is 0 Å². The third-order valence-corrected chi connectivity index (χ3v) is 2.59. The molecule has 0 bridgehead atoms. The van der Waals surface area contributed by atoms with Crippen LogP contribution in [-0.2, 0) is 19.6 Å². The van der Waals surface area contributed by atoms with Gasteiger partial charge in [-0.3, -0.25) is 0 Å². The first-order valence-corrected chi connectivity index (χ1v) is 5.93. The zero-order chi connectivity index (χ0) is 12.1. The Balaban J connectivity index is 2.01. The summed E-state index contributed by atoms with van der Waals surface area (Å²) in [6.45, 7) is 7.46. The molecule has 92 valence electrons. The van der Waals surface area contributed by atoms with Gasteiger partial charge in [0.05, 0.1) is 11.9 Å². The summed E-state index contributed by atoms with van der Waals surface area (Å²) in [6.07, 6.45) is 5.75. The minimum absolute atomic E-state index is 0.667. The van der Waals surface area contributed by atoms with Crippen LogP contribution in [0.1, 0.15) is 25.4 Å². The topological polar surface area (TPSA) is 60.6 Å². The van der Waals surface area contributed by atoms with Gasteiger partial charge in [0, 0.05) is 25.5 Å². The van der Waals surface area contributed by atoms with E-state index in [1.54, 1.807) is 0 Å². The van der Waals surface area contributed by atoms with Crippen LogP contribution < -0.4 is 5.32 Å². The highest BCUT2D eigenvalue weighted by atomic mass is 15.4. The molecule has 0 amide bonds. The highest BCUT2D eigenvalue weighted by molar-refractivity contribution is 4.96. The summed E-state index contributed by atoms with van der Waals surface area (Å²) >= 11 is 0. The van der Waals surface area contributed by atoms with Gasteiger partial charge >= 0.3 is 0 Å². The molecular weight excluding hydrogens is 216 g/mol. The number of imidazole rings is 1. The molecule has 0 atom stereocenters. The number of nitrogens with zero attached hydrogens (tertiary/aromatic N) is 5. The average Bonchev–Trinajstić information content (AvgIpc) is 2.96. The van der Waals surface area contributed by atoms with Gasteiger partial charge in [0.2, 0.25) is 0 Å². The summed E-state index contributed by atoms with van der Waals surface area (Å²) in [5.74, 6) is 1.01. The van der Waals surface area contributed by atoms with E-state index >= 15 is 0 Å². The molecule has 17 heavy (non-hydrogen) atoms. The second-order valence-electron chi connectivity index (χ2n) is 3.82. The highest BCUT2D eigenvalue weighted by Crippen LogP contribution is 2.01. The van der Waals surface area contributed by atoms with E-state index in [-0.39, 0.29) is 0 Å². The van der Waals surface area contributed by atoms with Gasteiger partial charge < -0.3 is 9.88 Å². The molecule has 0 saturated carbocycles. The lowest BCUT2D eigenvalue weighted by molar-refractivity contribution is 0.588. The van der Waals surface area contributed by atoms with Gasteiger partial charge in [-0.25, -0.2) is 9.67 Å². The minimum Gasteiger partial charge on any atom is -0.334 e. The van der Waals surface area contributed by atoms with E-state index in [1.807, 2.05) is 23.3 Å². The van der Waals surface area contributed by atoms with Gasteiger partial charge in [-0.1, -0.05) is 12.1 Å². The van der Waals surface area contributed by atoms with E-state index in [2.05, 4.69) is 39.0 Å². The first-order valence-electron chi connectivity index (χ1n) is 5.93. The van der Waals surface area contributed by atoms with Crippen molar-refractivity contribution in [2.24, 2.45) is 0 Å². The van der Waals surface area contributed by atoms with Crippen LogP contribution in [0.5, 0.6) is 0 Å². The SMILES string of the molecule is CCNCc1cn(Cc2nccn2CC)nn1. The Morgan fingerprint density at radius 3 is 3.00 bits per heavy atom. The van der Waals surface area contributed by atoms with Crippen LogP contribution in [0.4, 0.5) is 0 Å². The van der Waals surface area contributed by atoms with Crippen molar-refractivity contribution >= 4 is 0 Å². The fourth-order valence-electron chi connectivity index (χ4n) is 1.67. The lowest BCUT2D eigenvalue weighted by Gasteiger charge is -2.03. The Hall–Kier alpha value is -1.69. The quantitative estimate of drug-likeness (QED) is 0.797. The van der Waals surface area contributed by atoms with Crippen molar-refractivity contribution < 1.29 is 0 Å². The predicted molar refractivity (Wildman–Crippen MR) is 64.4 cm³/mol. The van der Waals surface area contributed by atoms with Gasteiger partial charge in [0.15, 0.2) is 0 Å². The van der Waals surface area contributed by atoms with Gasteiger partial charge in [0.25, 0.3) is 0 Å². The number of aromatic nitrogens is 5. The van der Waals surface area contributed by atoms with Crippen molar-refractivity contribution in [3.05, 3.63) is 30.1 Å². The van der Waals surface area contributed by atoms with Crippen molar-refractivity contribution in [1.29, 1.82) is 0 Å². The number of rotatable bonds is 6. The monoisotopic (exact) mass is 234 g/mol. The standard InChI is InChI=1S/C11H18N6/c1-3-12-7-10-8-17(15-14-10)9-11-13-5-6-16(11)4-2/h5-6,8,12H,3-4,7,9H2,1-2H3. The molecule has 6 heteroatoms. The predicted octanol–water partition coefficient (Wildman–Crippen LogP) is 0.652. The van der Waals surface area contributed by atoms with E-state index in [1.165, 1.54) is 0 Å². The zero-order valence-electron chi connectivity index (χ0n) is 10.3. The lowest BCUT2D eigenvalue weighted by Crippen LogP contribution is -2.12. The third kappa shape index (κ3) is 2.91. The van der Waals surface area contributed by atoms with Crippen LogP contribution >= 0.6 is 0 Å². The molecule has 0 spiro atoms. The Morgan fingerprint density at radius 1 is 1.35 bits per heavy atom. The fraction of sp³-hybridized carbons (Fsp3) is 0.545. The van der Waals surface area contributed by atoms with Crippen molar-refractivity contribution in [3.8, 4) is 0 Å². The molecule has 2 aromatic heterocycles. The molecule has 0 aliphatic heterocycles. The molecule has 1 N–H and O–H groups in total. The van der Waals surface area contributed by atoms with Crippen molar-refractivity contribution in [1.82, 2.24) is 29.9 Å². The zero-order valence-corrected chi connectivity index (χ0v) is 10.3. The maximum atomic E-state index is 4.31. The molecule has 0 saturated heterocycles. The first-order chi connectivity index (χ1) is 8.33.